The van der Waals surface area contributed by atoms with Gasteiger partial charge in [0.1, 0.15) is 0 Å². The van der Waals surface area contributed by atoms with Crippen molar-refractivity contribution >= 4 is 5.78 Å². The Balaban J connectivity index is 1.49. The molecule has 1 aliphatic heterocycles. The topological polar surface area (TPSA) is 32.3 Å². The van der Waals surface area contributed by atoms with Gasteiger partial charge in [0.2, 0.25) is 0 Å². The fraction of sp³-hybridized carbons (Fsp3) is 0.588. The van der Waals surface area contributed by atoms with E-state index in [1.165, 1.54) is 24.0 Å². The Labute approximate surface area is 121 Å². The number of piperazine rings is 1. The molecule has 1 aromatic rings. The van der Waals surface area contributed by atoms with Crippen LogP contribution in [-0.4, -0.2) is 43.4 Å². The van der Waals surface area contributed by atoms with Gasteiger partial charge in [0.05, 0.1) is 0 Å². The maximum absolute atomic E-state index is 12.3. The summed E-state index contributed by atoms with van der Waals surface area (Å²) in [6.45, 7) is 5.45. The summed E-state index contributed by atoms with van der Waals surface area (Å²) >= 11 is 0. The minimum absolute atomic E-state index is 0.315. The van der Waals surface area contributed by atoms with Gasteiger partial charge in [-0.05, 0) is 49.4 Å². The Kier molecular flexibility index (Phi) is 4.48. The van der Waals surface area contributed by atoms with Crippen molar-refractivity contribution in [3.05, 3.63) is 34.9 Å². The summed E-state index contributed by atoms with van der Waals surface area (Å²) in [5, 5.41) is 3.35. The number of ketones is 1. The predicted octanol–water partition coefficient (Wildman–Crippen LogP) is 2.04. The van der Waals surface area contributed by atoms with Crippen LogP contribution in [0.4, 0.5) is 0 Å². The number of nitrogens with zero attached hydrogens (tertiary/aromatic N) is 1. The van der Waals surface area contributed by atoms with Crippen molar-refractivity contribution in [1.82, 2.24) is 10.2 Å². The maximum Gasteiger partial charge on any atom is 0.162 e. The number of fused-ring (bicyclic) bond motifs is 1. The largest absolute Gasteiger partial charge is 0.314 e. The summed E-state index contributed by atoms with van der Waals surface area (Å²) in [6.07, 6.45) is 5.25. The maximum atomic E-state index is 12.3. The van der Waals surface area contributed by atoms with Gasteiger partial charge in [0, 0.05) is 38.2 Å². The molecule has 0 saturated carbocycles. The van der Waals surface area contributed by atoms with Crippen LogP contribution in [0.3, 0.4) is 0 Å². The highest BCUT2D eigenvalue weighted by Gasteiger charge is 2.14. The first-order valence-corrected chi connectivity index (χ1v) is 7.91. The zero-order valence-corrected chi connectivity index (χ0v) is 12.2. The normalized spacial score (nSPS) is 19.0. The lowest BCUT2D eigenvalue weighted by molar-refractivity contribution is 0.0973. The molecular weight excluding hydrogens is 248 g/mol. The number of hydrogen-bond donors (Lipinski definition) is 1. The van der Waals surface area contributed by atoms with Crippen LogP contribution in [0.15, 0.2) is 18.2 Å². The van der Waals surface area contributed by atoms with Crippen LogP contribution in [0.1, 0.15) is 40.7 Å². The number of nitrogens with one attached hydrogen (secondary N) is 1. The molecule has 1 N–H and O–H groups in total. The van der Waals surface area contributed by atoms with Crippen molar-refractivity contribution in [2.45, 2.75) is 32.1 Å². The van der Waals surface area contributed by atoms with Gasteiger partial charge >= 0.3 is 0 Å². The van der Waals surface area contributed by atoms with Gasteiger partial charge in [-0.25, -0.2) is 0 Å². The Morgan fingerprint density at radius 1 is 1.15 bits per heavy atom. The fourth-order valence-electron chi connectivity index (χ4n) is 3.29. The van der Waals surface area contributed by atoms with E-state index in [0.29, 0.717) is 12.2 Å². The van der Waals surface area contributed by atoms with Crippen LogP contribution < -0.4 is 5.32 Å². The minimum atomic E-state index is 0.315. The summed E-state index contributed by atoms with van der Waals surface area (Å²) in [6, 6.07) is 6.32. The van der Waals surface area contributed by atoms with Crippen LogP contribution in [0.5, 0.6) is 0 Å². The Morgan fingerprint density at radius 2 is 1.95 bits per heavy atom. The molecule has 1 heterocycles. The predicted molar refractivity (Wildman–Crippen MR) is 81.3 cm³/mol. The average molecular weight is 272 g/mol. The molecule has 0 radical (unpaired) electrons. The smallest absolute Gasteiger partial charge is 0.162 e. The van der Waals surface area contributed by atoms with Crippen molar-refractivity contribution in [1.29, 1.82) is 0 Å². The standard InChI is InChI=1S/C17H24N2O/c20-17(5-2-10-19-11-8-18-9-12-19)16-7-6-14-3-1-4-15(14)13-16/h6-7,13,18H,1-5,8-12H2. The van der Waals surface area contributed by atoms with E-state index in [1.54, 1.807) is 0 Å². The van der Waals surface area contributed by atoms with Crippen LogP contribution in [0.25, 0.3) is 0 Å². The van der Waals surface area contributed by atoms with Crippen molar-refractivity contribution < 1.29 is 4.79 Å². The van der Waals surface area contributed by atoms with E-state index < -0.39 is 0 Å². The molecule has 2 aliphatic rings. The monoisotopic (exact) mass is 272 g/mol. The zero-order chi connectivity index (χ0) is 13.8. The highest BCUT2D eigenvalue weighted by molar-refractivity contribution is 5.96. The molecule has 3 heteroatoms. The van der Waals surface area contributed by atoms with Crippen molar-refractivity contribution in [2.24, 2.45) is 0 Å². The first-order valence-electron chi connectivity index (χ1n) is 7.91. The molecule has 108 valence electrons. The summed E-state index contributed by atoms with van der Waals surface area (Å²) in [7, 11) is 0. The lowest BCUT2D eigenvalue weighted by atomic mass is 10.0. The number of benzene rings is 1. The number of rotatable bonds is 5. The number of hydrogen-bond acceptors (Lipinski definition) is 3. The molecule has 1 fully saturated rings. The van der Waals surface area contributed by atoms with Gasteiger partial charge in [0.25, 0.3) is 0 Å². The van der Waals surface area contributed by atoms with E-state index in [1.807, 2.05) is 6.07 Å². The Hall–Kier alpha value is -1.19. The average Bonchev–Trinajstić information content (AvgIpc) is 2.95. The molecule has 0 aromatic heterocycles. The van der Waals surface area contributed by atoms with Crippen LogP contribution in [0, 0.1) is 0 Å². The van der Waals surface area contributed by atoms with Crippen molar-refractivity contribution in [2.75, 3.05) is 32.7 Å². The van der Waals surface area contributed by atoms with E-state index in [-0.39, 0.29) is 0 Å². The van der Waals surface area contributed by atoms with Gasteiger partial charge in [-0.15, -0.1) is 0 Å². The van der Waals surface area contributed by atoms with Gasteiger partial charge < -0.3 is 10.2 Å². The molecule has 20 heavy (non-hydrogen) atoms. The third-order valence-corrected chi connectivity index (χ3v) is 4.51. The van der Waals surface area contributed by atoms with Gasteiger partial charge in [-0.1, -0.05) is 12.1 Å². The molecule has 3 nitrogen and oxygen atoms in total. The molecule has 1 saturated heterocycles. The van der Waals surface area contributed by atoms with E-state index >= 15 is 0 Å². The van der Waals surface area contributed by atoms with Gasteiger partial charge in [-0.3, -0.25) is 4.79 Å². The molecule has 0 amide bonds. The van der Waals surface area contributed by atoms with Crippen molar-refractivity contribution in [3.63, 3.8) is 0 Å². The second kappa shape index (κ2) is 6.51. The highest BCUT2D eigenvalue weighted by atomic mass is 16.1. The molecule has 0 unspecified atom stereocenters. The number of Topliss-reactive ketones (excluding diaryl/α,β-unsaturated/α-hetero) is 1. The zero-order valence-electron chi connectivity index (χ0n) is 12.2. The molecule has 0 atom stereocenters. The highest BCUT2D eigenvalue weighted by Crippen LogP contribution is 2.23. The Bertz CT molecular complexity index is 478. The fourth-order valence-corrected chi connectivity index (χ4v) is 3.29. The molecule has 3 rings (SSSR count). The number of carbonyl (C=O) groups excluding carboxylic acids is 1. The molecule has 1 aliphatic carbocycles. The minimum Gasteiger partial charge on any atom is -0.314 e. The lowest BCUT2D eigenvalue weighted by Crippen LogP contribution is -2.43. The second-order valence-electron chi connectivity index (χ2n) is 5.96. The van der Waals surface area contributed by atoms with E-state index in [4.69, 9.17) is 0 Å². The van der Waals surface area contributed by atoms with Crippen LogP contribution >= 0.6 is 0 Å². The summed E-state index contributed by atoms with van der Waals surface area (Å²) in [5.74, 6) is 0.315. The van der Waals surface area contributed by atoms with Crippen LogP contribution in [0.2, 0.25) is 0 Å². The SMILES string of the molecule is O=C(CCCN1CCNCC1)c1ccc2c(c1)CCC2. The number of carbonyl (C=O) groups is 1. The molecular formula is C17H24N2O. The van der Waals surface area contributed by atoms with E-state index in [9.17, 15) is 4.79 Å². The molecule has 0 bridgehead atoms. The summed E-state index contributed by atoms with van der Waals surface area (Å²) < 4.78 is 0. The first-order chi connectivity index (χ1) is 9.83. The van der Waals surface area contributed by atoms with Gasteiger partial charge in [-0.2, -0.15) is 0 Å². The quantitative estimate of drug-likeness (QED) is 0.833. The number of aryl methyl sites for hydroxylation is 2. The summed E-state index contributed by atoms with van der Waals surface area (Å²) in [4.78, 5) is 14.7. The molecule has 1 aromatic carbocycles. The van der Waals surface area contributed by atoms with Crippen molar-refractivity contribution in [3.8, 4) is 0 Å². The first kappa shape index (κ1) is 13.8. The Morgan fingerprint density at radius 3 is 2.80 bits per heavy atom. The van der Waals surface area contributed by atoms with Crippen LogP contribution in [-0.2, 0) is 12.8 Å². The van der Waals surface area contributed by atoms with Gasteiger partial charge in [0.15, 0.2) is 5.78 Å². The third kappa shape index (κ3) is 3.28. The van der Waals surface area contributed by atoms with E-state index in [0.717, 1.165) is 51.1 Å². The third-order valence-electron chi connectivity index (χ3n) is 4.51. The molecule has 0 spiro atoms. The second-order valence-corrected chi connectivity index (χ2v) is 5.96. The summed E-state index contributed by atoms with van der Waals surface area (Å²) in [5.41, 5.74) is 3.77. The van der Waals surface area contributed by atoms with E-state index in [2.05, 4.69) is 22.3 Å². The lowest BCUT2D eigenvalue weighted by Gasteiger charge is -2.26.